The summed E-state index contributed by atoms with van der Waals surface area (Å²) in [6.45, 7) is 8.98. The molecule has 1 rings (SSSR count). The van der Waals surface area contributed by atoms with E-state index in [1.54, 1.807) is 0 Å². The molecule has 104 valence electrons. The SMILES string of the molecule is CC(C)Cn1ncnc1CC(CO)(CO)C(C)C. The lowest BCUT2D eigenvalue weighted by molar-refractivity contribution is 0.0138. The van der Waals surface area contributed by atoms with Crippen molar-refractivity contribution in [3.63, 3.8) is 0 Å². The van der Waals surface area contributed by atoms with Crippen LogP contribution in [0.25, 0.3) is 0 Å². The summed E-state index contributed by atoms with van der Waals surface area (Å²) in [6.07, 6.45) is 2.09. The molecule has 0 aliphatic rings. The Morgan fingerprint density at radius 3 is 2.28 bits per heavy atom. The molecule has 2 N–H and O–H groups in total. The van der Waals surface area contributed by atoms with Crippen molar-refractivity contribution in [1.29, 1.82) is 0 Å². The molecule has 5 heteroatoms. The van der Waals surface area contributed by atoms with Crippen LogP contribution in [0.3, 0.4) is 0 Å². The summed E-state index contributed by atoms with van der Waals surface area (Å²) in [5, 5.41) is 23.4. The Morgan fingerprint density at radius 2 is 1.83 bits per heavy atom. The predicted octanol–water partition coefficient (Wildman–Crippen LogP) is 1.10. The summed E-state index contributed by atoms with van der Waals surface area (Å²) in [6, 6.07) is 0. The van der Waals surface area contributed by atoms with Gasteiger partial charge < -0.3 is 10.2 Å². The van der Waals surface area contributed by atoms with Crippen molar-refractivity contribution < 1.29 is 10.2 Å². The molecule has 1 aromatic heterocycles. The summed E-state index contributed by atoms with van der Waals surface area (Å²) in [5.41, 5.74) is -0.526. The summed E-state index contributed by atoms with van der Waals surface area (Å²) in [5.74, 6) is 1.50. The molecular formula is C13H25N3O2. The van der Waals surface area contributed by atoms with E-state index in [1.807, 2.05) is 18.5 Å². The van der Waals surface area contributed by atoms with Crippen LogP contribution in [0.4, 0.5) is 0 Å². The zero-order valence-electron chi connectivity index (χ0n) is 11.8. The topological polar surface area (TPSA) is 71.2 Å². The summed E-state index contributed by atoms with van der Waals surface area (Å²) >= 11 is 0. The first kappa shape index (κ1) is 15.1. The van der Waals surface area contributed by atoms with Crippen molar-refractivity contribution in [3.8, 4) is 0 Å². The minimum absolute atomic E-state index is 0.0459. The summed E-state index contributed by atoms with van der Waals surface area (Å²) in [4.78, 5) is 4.26. The number of aromatic nitrogens is 3. The Kier molecular flexibility index (Phi) is 5.28. The third kappa shape index (κ3) is 3.29. The molecule has 0 spiro atoms. The highest BCUT2D eigenvalue weighted by atomic mass is 16.3. The Balaban J connectivity index is 2.91. The quantitative estimate of drug-likeness (QED) is 0.765. The van der Waals surface area contributed by atoms with Crippen LogP contribution in [0.15, 0.2) is 6.33 Å². The largest absolute Gasteiger partial charge is 0.396 e. The first-order valence-corrected chi connectivity index (χ1v) is 6.53. The van der Waals surface area contributed by atoms with Crippen LogP contribution < -0.4 is 0 Å². The lowest BCUT2D eigenvalue weighted by atomic mass is 9.75. The molecule has 0 radical (unpaired) electrons. The van der Waals surface area contributed by atoms with E-state index < -0.39 is 5.41 Å². The van der Waals surface area contributed by atoms with Crippen molar-refractivity contribution >= 4 is 0 Å². The number of hydrogen-bond donors (Lipinski definition) is 2. The zero-order valence-corrected chi connectivity index (χ0v) is 11.8. The van der Waals surface area contributed by atoms with E-state index in [0.717, 1.165) is 12.4 Å². The van der Waals surface area contributed by atoms with Gasteiger partial charge in [-0.25, -0.2) is 9.67 Å². The van der Waals surface area contributed by atoms with Gasteiger partial charge in [-0.1, -0.05) is 27.7 Å². The second-order valence-corrected chi connectivity index (χ2v) is 5.76. The van der Waals surface area contributed by atoms with E-state index >= 15 is 0 Å². The second kappa shape index (κ2) is 6.29. The fraction of sp³-hybridized carbons (Fsp3) is 0.846. The van der Waals surface area contributed by atoms with Crippen molar-refractivity contribution in [2.45, 2.75) is 40.7 Å². The molecule has 0 fully saturated rings. The predicted molar refractivity (Wildman–Crippen MR) is 70.0 cm³/mol. The molecule has 1 aromatic rings. The normalized spacial score (nSPS) is 12.7. The maximum Gasteiger partial charge on any atom is 0.138 e. The minimum Gasteiger partial charge on any atom is -0.396 e. The number of rotatable bonds is 7. The van der Waals surface area contributed by atoms with Gasteiger partial charge in [-0.05, 0) is 11.8 Å². The van der Waals surface area contributed by atoms with Gasteiger partial charge in [0, 0.05) is 18.4 Å². The molecule has 0 aliphatic heterocycles. The molecule has 0 amide bonds. The highest BCUT2D eigenvalue weighted by molar-refractivity contribution is 4.95. The van der Waals surface area contributed by atoms with Gasteiger partial charge in [-0.3, -0.25) is 0 Å². The van der Waals surface area contributed by atoms with E-state index in [-0.39, 0.29) is 19.1 Å². The van der Waals surface area contributed by atoms with Crippen molar-refractivity contribution in [3.05, 3.63) is 12.2 Å². The van der Waals surface area contributed by atoms with Crippen LogP contribution in [0.1, 0.15) is 33.5 Å². The van der Waals surface area contributed by atoms with Gasteiger partial charge in [0.2, 0.25) is 0 Å². The van der Waals surface area contributed by atoms with Crippen molar-refractivity contribution in [2.75, 3.05) is 13.2 Å². The van der Waals surface area contributed by atoms with Gasteiger partial charge in [-0.15, -0.1) is 0 Å². The zero-order chi connectivity index (χ0) is 13.8. The molecule has 5 nitrogen and oxygen atoms in total. The Morgan fingerprint density at radius 1 is 1.22 bits per heavy atom. The molecular weight excluding hydrogens is 230 g/mol. The highest BCUT2D eigenvalue weighted by Crippen LogP contribution is 2.30. The third-order valence-electron chi connectivity index (χ3n) is 3.60. The minimum atomic E-state index is -0.526. The Hall–Kier alpha value is -0.940. The first-order valence-electron chi connectivity index (χ1n) is 6.53. The standard InChI is InChI=1S/C13H25N3O2/c1-10(2)6-16-12(14-9-15-16)5-13(7-17,8-18)11(3)4/h9-11,17-18H,5-8H2,1-4H3. The smallest absolute Gasteiger partial charge is 0.138 e. The highest BCUT2D eigenvalue weighted by Gasteiger charge is 2.34. The Labute approximate surface area is 109 Å². The Bertz CT molecular complexity index is 357. The third-order valence-corrected chi connectivity index (χ3v) is 3.60. The molecule has 0 bridgehead atoms. The van der Waals surface area contributed by atoms with Crippen LogP contribution in [0.5, 0.6) is 0 Å². The van der Waals surface area contributed by atoms with E-state index in [1.165, 1.54) is 6.33 Å². The molecule has 0 unspecified atom stereocenters. The number of nitrogens with zero attached hydrogens (tertiary/aromatic N) is 3. The van der Waals surface area contributed by atoms with E-state index in [0.29, 0.717) is 12.3 Å². The van der Waals surface area contributed by atoms with Gasteiger partial charge in [0.15, 0.2) is 0 Å². The van der Waals surface area contributed by atoms with Crippen LogP contribution in [0, 0.1) is 17.3 Å². The summed E-state index contributed by atoms with van der Waals surface area (Å²) in [7, 11) is 0. The molecule has 18 heavy (non-hydrogen) atoms. The average molecular weight is 255 g/mol. The van der Waals surface area contributed by atoms with Gasteiger partial charge in [0.25, 0.3) is 0 Å². The van der Waals surface area contributed by atoms with Gasteiger partial charge in [0.1, 0.15) is 12.2 Å². The van der Waals surface area contributed by atoms with E-state index in [9.17, 15) is 10.2 Å². The molecule has 1 heterocycles. The van der Waals surface area contributed by atoms with Gasteiger partial charge in [-0.2, -0.15) is 5.10 Å². The van der Waals surface area contributed by atoms with E-state index in [2.05, 4.69) is 23.9 Å². The number of hydrogen-bond acceptors (Lipinski definition) is 4. The van der Waals surface area contributed by atoms with Crippen molar-refractivity contribution in [2.24, 2.45) is 17.3 Å². The number of aliphatic hydroxyl groups is 2. The molecule has 0 aliphatic carbocycles. The molecule has 0 atom stereocenters. The number of aliphatic hydroxyl groups excluding tert-OH is 2. The lowest BCUT2D eigenvalue weighted by Gasteiger charge is -2.33. The molecule has 0 aromatic carbocycles. The average Bonchev–Trinajstić information content (AvgIpc) is 2.72. The lowest BCUT2D eigenvalue weighted by Crippen LogP contribution is -2.38. The first-order chi connectivity index (χ1) is 8.45. The monoisotopic (exact) mass is 255 g/mol. The maximum absolute atomic E-state index is 9.60. The molecule has 0 saturated heterocycles. The van der Waals surface area contributed by atoms with Gasteiger partial charge in [0.05, 0.1) is 13.2 Å². The van der Waals surface area contributed by atoms with Crippen LogP contribution in [0.2, 0.25) is 0 Å². The van der Waals surface area contributed by atoms with Crippen molar-refractivity contribution in [1.82, 2.24) is 14.8 Å². The fourth-order valence-electron chi connectivity index (χ4n) is 1.97. The fourth-order valence-corrected chi connectivity index (χ4v) is 1.97. The van der Waals surface area contributed by atoms with Crippen LogP contribution in [-0.4, -0.2) is 38.2 Å². The second-order valence-electron chi connectivity index (χ2n) is 5.76. The van der Waals surface area contributed by atoms with Gasteiger partial charge >= 0.3 is 0 Å². The maximum atomic E-state index is 9.60. The van der Waals surface area contributed by atoms with Crippen LogP contribution >= 0.6 is 0 Å². The van der Waals surface area contributed by atoms with E-state index in [4.69, 9.17) is 0 Å². The summed E-state index contributed by atoms with van der Waals surface area (Å²) < 4.78 is 1.87. The van der Waals surface area contributed by atoms with Crippen LogP contribution in [-0.2, 0) is 13.0 Å². The molecule has 0 saturated carbocycles.